The predicted octanol–water partition coefficient (Wildman–Crippen LogP) is 1.59. The van der Waals surface area contributed by atoms with E-state index in [1.165, 1.54) is 0 Å². The van der Waals surface area contributed by atoms with E-state index in [1.807, 2.05) is 0 Å². The summed E-state index contributed by atoms with van der Waals surface area (Å²) in [6, 6.07) is 0.862. The van der Waals surface area contributed by atoms with Gasteiger partial charge >= 0.3 is 0 Å². The number of nitrogens with two attached hydrogens (primary N) is 1. The first-order valence-corrected chi connectivity index (χ1v) is 8.63. The molecule has 4 rings (SSSR count). The number of amides is 1. The number of aromatic nitrogens is 2. The van der Waals surface area contributed by atoms with E-state index in [0.717, 1.165) is 12.1 Å². The van der Waals surface area contributed by atoms with E-state index in [0.29, 0.717) is 31.0 Å². The van der Waals surface area contributed by atoms with Gasteiger partial charge in [0.1, 0.15) is 12.2 Å². The number of carbonyl (C=O) groups excluding carboxylic acids is 1. The van der Waals surface area contributed by atoms with Crippen LogP contribution in [0.5, 0.6) is 0 Å². The van der Waals surface area contributed by atoms with Gasteiger partial charge in [-0.3, -0.25) is 9.36 Å². The van der Waals surface area contributed by atoms with Crippen LogP contribution in [0, 0.1) is 11.6 Å². The first-order valence-electron chi connectivity index (χ1n) is 8.63. The molecule has 0 saturated carbocycles. The lowest BCUT2D eigenvalue weighted by Gasteiger charge is -2.34. The molecule has 6 nitrogen and oxygen atoms in total. The minimum Gasteiger partial charge on any atom is -0.344 e. The van der Waals surface area contributed by atoms with E-state index in [4.69, 9.17) is 5.73 Å². The molecule has 2 aliphatic rings. The van der Waals surface area contributed by atoms with Crippen LogP contribution in [0.15, 0.2) is 12.1 Å². The molecule has 1 aromatic heterocycles. The minimum absolute atomic E-state index is 0.111. The van der Waals surface area contributed by atoms with Gasteiger partial charge in [-0.2, -0.15) is 0 Å². The minimum atomic E-state index is -1.10. The second kappa shape index (κ2) is 6.15. The number of benzene rings is 1. The Morgan fingerprint density at radius 2 is 1.92 bits per heavy atom. The van der Waals surface area contributed by atoms with Crippen LogP contribution in [0.3, 0.4) is 0 Å². The highest BCUT2D eigenvalue weighted by Crippen LogP contribution is 2.34. The lowest BCUT2D eigenvalue weighted by Crippen LogP contribution is -2.50. The zero-order chi connectivity index (χ0) is 18.6. The zero-order valence-electron chi connectivity index (χ0n) is 14.3. The Morgan fingerprint density at radius 1 is 1.19 bits per heavy atom. The number of imidazole rings is 1. The summed E-state index contributed by atoms with van der Waals surface area (Å²) in [4.78, 5) is 20.4. The van der Waals surface area contributed by atoms with Crippen molar-refractivity contribution in [3.63, 3.8) is 0 Å². The predicted molar refractivity (Wildman–Crippen MR) is 90.6 cm³/mol. The second-order valence-corrected chi connectivity index (χ2v) is 7.02. The Bertz CT molecular complexity index is 870. The van der Waals surface area contributed by atoms with Crippen molar-refractivity contribution in [3.8, 4) is 0 Å². The molecule has 1 amide bonds. The molecule has 3 atom stereocenters. The van der Waals surface area contributed by atoms with Gasteiger partial charge in [-0.25, -0.2) is 18.2 Å². The van der Waals surface area contributed by atoms with E-state index in [2.05, 4.69) is 4.98 Å². The van der Waals surface area contributed by atoms with E-state index in [9.17, 15) is 18.0 Å². The fourth-order valence-corrected chi connectivity index (χ4v) is 3.79. The summed E-state index contributed by atoms with van der Waals surface area (Å²) in [5.74, 6) is -1.70. The number of halogens is 3. The molecule has 140 valence electrons. The molecule has 26 heavy (non-hydrogen) atoms. The molecule has 0 bridgehead atoms. The van der Waals surface area contributed by atoms with Gasteiger partial charge in [0.2, 0.25) is 11.9 Å². The van der Waals surface area contributed by atoms with Crippen molar-refractivity contribution in [1.82, 2.24) is 14.5 Å². The van der Waals surface area contributed by atoms with Crippen LogP contribution < -0.4 is 10.6 Å². The number of fused-ring (bicyclic) bond motifs is 1. The first-order chi connectivity index (χ1) is 12.4. The Hall–Kier alpha value is -2.29. The van der Waals surface area contributed by atoms with Gasteiger partial charge < -0.3 is 15.5 Å². The van der Waals surface area contributed by atoms with Crippen LogP contribution in [0.2, 0.25) is 0 Å². The zero-order valence-corrected chi connectivity index (χ0v) is 14.3. The molecule has 3 heterocycles. The number of piperidine rings is 1. The van der Waals surface area contributed by atoms with Gasteiger partial charge in [-0.15, -0.1) is 0 Å². The van der Waals surface area contributed by atoms with E-state index in [1.54, 1.807) is 21.4 Å². The van der Waals surface area contributed by atoms with Crippen LogP contribution in [0.4, 0.5) is 19.1 Å². The monoisotopic (exact) mass is 367 g/mol. The summed E-state index contributed by atoms with van der Waals surface area (Å²) in [6.45, 7) is 1.17. The molecule has 0 radical (unpaired) electrons. The molecule has 2 fully saturated rings. The number of nitrogens with zero attached hydrogens (tertiary/aromatic N) is 4. The highest BCUT2D eigenvalue weighted by atomic mass is 19.2. The molecular weight excluding hydrogens is 347 g/mol. The van der Waals surface area contributed by atoms with Crippen LogP contribution in [0.25, 0.3) is 11.0 Å². The average molecular weight is 367 g/mol. The van der Waals surface area contributed by atoms with Crippen LogP contribution >= 0.6 is 0 Å². The van der Waals surface area contributed by atoms with Gasteiger partial charge in [0.25, 0.3) is 0 Å². The van der Waals surface area contributed by atoms with Crippen molar-refractivity contribution in [3.05, 3.63) is 23.8 Å². The fourth-order valence-electron chi connectivity index (χ4n) is 3.79. The van der Waals surface area contributed by atoms with Crippen molar-refractivity contribution >= 4 is 22.9 Å². The van der Waals surface area contributed by atoms with Gasteiger partial charge in [0.05, 0.1) is 17.1 Å². The van der Waals surface area contributed by atoms with Crippen LogP contribution in [0.1, 0.15) is 18.9 Å². The summed E-state index contributed by atoms with van der Waals surface area (Å²) in [5.41, 5.74) is 6.46. The molecule has 0 spiro atoms. The SMILES string of the molecule is CN1CCC(n2c(N3CC[C@@H](F)[C@H](N)C3)nc3cc(F)c(F)cc32)C1=O. The van der Waals surface area contributed by atoms with Crippen molar-refractivity contribution in [2.75, 3.05) is 31.6 Å². The molecule has 0 aliphatic carbocycles. The highest BCUT2D eigenvalue weighted by Gasteiger charge is 2.36. The highest BCUT2D eigenvalue weighted by molar-refractivity contribution is 5.87. The van der Waals surface area contributed by atoms with Gasteiger partial charge in [0.15, 0.2) is 11.6 Å². The topological polar surface area (TPSA) is 67.4 Å². The molecular formula is C17H20F3N5O. The Kier molecular flexibility index (Phi) is 4.06. The quantitative estimate of drug-likeness (QED) is 0.876. The molecule has 2 saturated heterocycles. The maximum Gasteiger partial charge on any atom is 0.245 e. The maximum absolute atomic E-state index is 13.9. The smallest absolute Gasteiger partial charge is 0.245 e. The Balaban J connectivity index is 1.86. The third kappa shape index (κ3) is 2.61. The molecule has 2 aromatic rings. The number of hydrogen-bond acceptors (Lipinski definition) is 4. The van der Waals surface area contributed by atoms with Crippen molar-refractivity contribution in [1.29, 1.82) is 0 Å². The molecule has 9 heteroatoms. The fraction of sp³-hybridized carbons (Fsp3) is 0.529. The number of alkyl halides is 1. The number of likely N-dealkylation sites (tertiary alicyclic amines) is 1. The third-order valence-corrected chi connectivity index (χ3v) is 5.28. The Labute approximate surface area is 148 Å². The Morgan fingerprint density at radius 3 is 2.58 bits per heavy atom. The van der Waals surface area contributed by atoms with Gasteiger partial charge in [-0.05, 0) is 12.8 Å². The molecule has 2 aliphatic heterocycles. The summed E-state index contributed by atoms with van der Waals surface area (Å²) in [6.07, 6.45) is -0.317. The van der Waals surface area contributed by atoms with Gasteiger partial charge in [0, 0.05) is 38.8 Å². The lowest BCUT2D eigenvalue weighted by molar-refractivity contribution is -0.129. The first kappa shape index (κ1) is 17.1. The summed E-state index contributed by atoms with van der Waals surface area (Å²) in [5, 5.41) is 0. The normalized spacial score (nSPS) is 27.0. The molecule has 1 unspecified atom stereocenters. The number of rotatable bonds is 2. The second-order valence-electron chi connectivity index (χ2n) is 7.02. The van der Waals surface area contributed by atoms with Crippen molar-refractivity contribution < 1.29 is 18.0 Å². The third-order valence-electron chi connectivity index (χ3n) is 5.28. The summed E-state index contributed by atoms with van der Waals surface area (Å²) >= 11 is 0. The van der Waals surface area contributed by atoms with E-state index in [-0.39, 0.29) is 24.4 Å². The van der Waals surface area contributed by atoms with Crippen molar-refractivity contribution in [2.45, 2.75) is 31.1 Å². The number of anilines is 1. The van der Waals surface area contributed by atoms with E-state index >= 15 is 0 Å². The van der Waals surface area contributed by atoms with Crippen LogP contribution in [-0.4, -0.2) is 59.3 Å². The standard InChI is InChI=1S/C17H20F3N5O/c1-23-4-3-14(16(23)26)25-15-7-11(20)10(19)6-13(15)22-17(25)24-5-2-9(18)12(21)8-24/h6-7,9,12,14H,2-5,8,21H2,1H3/t9-,12-,14?/m1/s1. The van der Waals surface area contributed by atoms with Gasteiger partial charge in [-0.1, -0.05) is 0 Å². The average Bonchev–Trinajstić information content (AvgIpc) is 3.11. The number of hydrogen-bond donors (Lipinski definition) is 1. The molecule has 2 N–H and O–H groups in total. The van der Waals surface area contributed by atoms with Crippen LogP contribution in [-0.2, 0) is 4.79 Å². The summed E-state index contributed by atoms with van der Waals surface area (Å²) in [7, 11) is 1.70. The number of carbonyl (C=O) groups is 1. The maximum atomic E-state index is 13.9. The van der Waals surface area contributed by atoms with E-state index < -0.39 is 29.9 Å². The number of likely N-dealkylation sites (N-methyl/N-ethyl adjacent to an activating group) is 1. The lowest BCUT2D eigenvalue weighted by atomic mass is 10.1. The summed E-state index contributed by atoms with van der Waals surface area (Å²) < 4.78 is 42.9. The largest absolute Gasteiger partial charge is 0.344 e. The molecule has 1 aromatic carbocycles. The van der Waals surface area contributed by atoms with Crippen molar-refractivity contribution in [2.24, 2.45) is 5.73 Å².